The summed E-state index contributed by atoms with van der Waals surface area (Å²) in [5.74, 6) is 2.56. The Morgan fingerprint density at radius 1 is 0.694 bits per heavy atom. The number of amides is 1. The van der Waals surface area contributed by atoms with Crippen molar-refractivity contribution in [1.82, 2.24) is 9.97 Å². The van der Waals surface area contributed by atoms with E-state index in [0.29, 0.717) is 28.6 Å². The number of anilines is 3. The second-order valence-electron chi connectivity index (χ2n) is 8.15. The Morgan fingerprint density at radius 3 is 2.14 bits per heavy atom. The maximum atomic E-state index is 12.9. The molecule has 0 aliphatic carbocycles. The van der Waals surface area contributed by atoms with Gasteiger partial charge in [0.05, 0.1) is 5.69 Å². The first-order valence-corrected chi connectivity index (χ1v) is 11.5. The number of nitrogens with zero attached hydrogens (tertiary/aromatic N) is 2. The van der Waals surface area contributed by atoms with Gasteiger partial charge in [0.15, 0.2) is 0 Å². The first-order valence-electron chi connectivity index (χ1n) is 11.5. The van der Waals surface area contributed by atoms with Gasteiger partial charge in [-0.15, -0.1) is 0 Å². The Bertz CT molecular complexity index is 1470. The van der Waals surface area contributed by atoms with Gasteiger partial charge in [0.2, 0.25) is 0 Å². The fourth-order valence-electron chi connectivity index (χ4n) is 3.71. The molecule has 0 atom stereocenters. The molecule has 0 bridgehead atoms. The van der Waals surface area contributed by atoms with E-state index in [1.165, 1.54) is 0 Å². The molecule has 2 N–H and O–H groups in total. The molecule has 4 aromatic carbocycles. The van der Waals surface area contributed by atoms with Crippen LogP contribution in [0.25, 0.3) is 11.3 Å². The average molecular weight is 473 g/mol. The predicted octanol–water partition coefficient (Wildman–Crippen LogP) is 7.24. The van der Waals surface area contributed by atoms with Crippen LogP contribution in [0.5, 0.6) is 11.5 Å². The second-order valence-corrected chi connectivity index (χ2v) is 8.15. The summed E-state index contributed by atoms with van der Waals surface area (Å²) in [4.78, 5) is 21.9. The Kier molecular flexibility index (Phi) is 6.67. The van der Waals surface area contributed by atoms with Crippen molar-refractivity contribution in [2.75, 3.05) is 10.6 Å². The molecule has 5 rings (SSSR count). The summed E-state index contributed by atoms with van der Waals surface area (Å²) < 4.78 is 5.81. The summed E-state index contributed by atoms with van der Waals surface area (Å²) in [7, 11) is 0. The van der Waals surface area contributed by atoms with Crippen LogP contribution in [-0.4, -0.2) is 15.9 Å². The molecule has 176 valence electrons. The number of carbonyl (C=O) groups excluding carboxylic acids is 1. The molecule has 0 aliphatic heterocycles. The number of benzene rings is 4. The fraction of sp³-hybridized carbons (Fsp3) is 0.0333. The van der Waals surface area contributed by atoms with Gasteiger partial charge in [0, 0.05) is 28.6 Å². The third-order valence-electron chi connectivity index (χ3n) is 5.40. The van der Waals surface area contributed by atoms with Crippen molar-refractivity contribution in [1.29, 1.82) is 0 Å². The van der Waals surface area contributed by atoms with Gasteiger partial charge in [-0.25, -0.2) is 9.97 Å². The van der Waals surface area contributed by atoms with Crippen molar-refractivity contribution in [2.24, 2.45) is 0 Å². The van der Waals surface area contributed by atoms with E-state index in [1.807, 2.05) is 110 Å². The lowest BCUT2D eigenvalue weighted by atomic mass is 10.1. The van der Waals surface area contributed by atoms with Crippen molar-refractivity contribution in [3.8, 4) is 22.8 Å². The van der Waals surface area contributed by atoms with Gasteiger partial charge in [0.1, 0.15) is 23.1 Å². The standard InChI is InChI=1S/C30H24N4O2/c1-21-31-28(22-9-4-2-5-10-22)20-29(32-21)33-25-12-8-11-23(19-25)30(35)34-24-15-17-27(18-16-24)36-26-13-6-3-7-14-26/h2-20H,1H3,(H,34,35)(H,31,32,33). The van der Waals surface area contributed by atoms with Crippen molar-refractivity contribution in [2.45, 2.75) is 6.92 Å². The van der Waals surface area contributed by atoms with Crippen LogP contribution in [-0.2, 0) is 0 Å². The molecule has 36 heavy (non-hydrogen) atoms. The molecule has 6 nitrogen and oxygen atoms in total. The molecular weight excluding hydrogens is 448 g/mol. The number of carbonyl (C=O) groups is 1. The molecule has 0 spiro atoms. The first kappa shape index (κ1) is 22.8. The van der Waals surface area contributed by atoms with Crippen LogP contribution in [0.2, 0.25) is 0 Å². The summed E-state index contributed by atoms with van der Waals surface area (Å²) in [5.41, 5.74) is 3.81. The monoisotopic (exact) mass is 472 g/mol. The lowest BCUT2D eigenvalue weighted by molar-refractivity contribution is 0.102. The third kappa shape index (κ3) is 5.74. The van der Waals surface area contributed by atoms with Crippen LogP contribution in [0.4, 0.5) is 17.2 Å². The topological polar surface area (TPSA) is 76.1 Å². The van der Waals surface area contributed by atoms with E-state index in [4.69, 9.17) is 4.74 Å². The normalized spacial score (nSPS) is 10.5. The van der Waals surface area contributed by atoms with Crippen molar-refractivity contribution in [3.05, 3.63) is 127 Å². The average Bonchev–Trinajstić information content (AvgIpc) is 2.91. The number of para-hydroxylation sites is 1. The van der Waals surface area contributed by atoms with Gasteiger partial charge in [-0.3, -0.25) is 4.79 Å². The Balaban J connectivity index is 1.27. The van der Waals surface area contributed by atoms with Crippen LogP contribution in [0.15, 0.2) is 115 Å². The van der Waals surface area contributed by atoms with Crippen molar-refractivity contribution >= 4 is 23.1 Å². The molecule has 1 heterocycles. The highest BCUT2D eigenvalue weighted by atomic mass is 16.5. The number of nitrogens with one attached hydrogen (secondary N) is 2. The summed E-state index contributed by atoms with van der Waals surface area (Å²) >= 11 is 0. The largest absolute Gasteiger partial charge is 0.457 e. The van der Waals surface area contributed by atoms with Gasteiger partial charge in [-0.1, -0.05) is 54.6 Å². The SMILES string of the molecule is Cc1nc(Nc2cccc(C(=O)Nc3ccc(Oc4ccccc4)cc3)c2)cc(-c2ccccc2)n1. The minimum absolute atomic E-state index is 0.209. The molecule has 1 amide bonds. The van der Waals surface area contributed by atoms with E-state index in [0.717, 1.165) is 22.7 Å². The van der Waals surface area contributed by atoms with Crippen LogP contribution in [0, 0.1) is 6.92 Å². The van der Waals surface area contributed by atoms with E-state index in [2.05, 4.69) is 20.6 Å². The van der Waals surface area contributed by atoms with Crippen molar-refractivity contribution < 1.29 is 9.53 Å². The zero-order valence-electron chi connectivity index (χ0n) is 19.7. The Labute approximate surface area is 209 Å². The molecule has 0 radical (unpaired) electrons. The quantitative estimate of drug-likeness (QED) is 0.261. The van der Waals surface area contributed by atoms with Gasteiger partial charge in [-0.05, 0) is 61.5 Å². The smallest absolute Gasteiger partial charge is 0.255 e. The molecule has 0 saturated heterocycles. The molecule has 0 aliphatic rings. The number of hydrogen-bond donors (Lipinski definition) is 2. The molecule has 6 heteroatoms. The fourth-order valence-corrected chi connectivity index (χ4v) is 3.71. The molecule has 0 saturated carbocycles. The predicted molar refractivity (Wildman–Crippen MR) is 143 cm³/mol. The Hall–Kier alpha value is -4.97. The summed E-state index contributed by atoms with van der Waals surface area (Å²) in [6.45, 7) is 1.86. The van der Waals surface area contributed by atoms with E-state index in [-0.39, 0.29) is 5.91 Å². The number of aryl methyl sites for hydroxylation is 1. The molecule has 0 fully saturated rings. The van der Waals surface area contributed by atoms with Crippen LogP contribution >= 0.6 is 0 Å². The van der Waals surface area contributed by atoms with E-state index < -0.39 is 0 Å². The minimum atomic E-state index is -0.209. The first-order chi connectivity index (χ1) is 17.6. The number of ether oxygens (including phenoxy) is 1. The van der Waals surface area contributed by atoms with E-state index >= 15 is 0 Å². The third-order valence-corrected chi connectivity index (χ3v) is 5.40. The van der Waals surface area contributed by atoms with Crippen LogP contribution in [0.1, 0.15) is 16.2 Å². The van der Waals surface area contributed by atoms with Gasteiger partial charge >= 0.3 is 0 Å². The molecular formula is C30H24N4O2. The summed E-state index contributed by atoms with van der Waals surface area (Å²) in [6.07, 6.45) is 0. The van der Waals surface area contributed by atoms with Crippen molar-refractivity contribution in [3.63, 3.8) is 0 Å². The second kappa shape index (κ2) is 10.5. The minimum Gasteiger partial charge on any atom is -0.457 e. The number of aromatic nitrogens is 2. The van der Waals surface area contributed by atoms with Gasteiger partial charge < -0.3 is 15.4 Å². The lowest BCUT2D eigenvalue weighted by Gasteiger charge is -2.11. The van der Waals surface area contributed by atoms with Crippen LogP contribution < -0.4 is 15.4 Å². The highest BCUT2D eigenvalue weighted by Crippen LogP contribution is 2.24. The number of rotatable bonds is 7. The zero-order valence-corrected chi connectivity index (χ0v) is 19.7. The zero-order chi connectivity index (χ0) is 24.7. The van der Waals surface area contributed by atoms with Crippen LogP contribution in [0.3, 0.4) is 0 Å². The maximum absolute atomic E-state index is 12.9. The molecule has 0 unspecified atom stereocenters. The molecule has 1 aromatic heterocycles. The molecule has 5 aromatic rings. The summed E-state index contributed by atoms with van der Waals surface area (Å²) in [6, 6.07) is 36.0. The van der Waals surface area contributed by atoms with E-state index in [9.17, 15) is 4.79 Å². The summed E-state index contributed by atoms with van der Waals surface area (Å²) in [5, 5.41) is 6.23. The van der Waals surface area contributed by atoms with E-state index in [1.54, 1.807) is 12.1 Å². The lowest BCUT2D eigenvalue weighted by Crippen LogP contribution is -2.12. The highest BCUT2D eigenvalue weighted by molar-refractivity contribution is 6.04. The van der Waals surface area contributed by atoms with Gasteiger partial charge in [-0.2, -0.15) is 0 Å². The number of hydrogen-bond acceptors (Lipinski definition) is 5. The Morgan fingerprint density at radius 2 is 1.39 bits per heavy atom. The highest BCUT2D eigenvalue weighted by Gasteiger charge is 2.09. The van der Waals surface area contributed by atoms with Gasteiger partial charge in [0.25, 0.3) is 5.91 Å². The maximum Gasteiger partial charge on any atom is 0.255 e.